The molecule has 0 radical (unpaired) electrons. The number of nitrogens with zero attached hydrogens (tertiary/aromatic N) is 5. The minimum atomic E-state index is -3.57. The third kappa shape index (κ3) is 3.50. The van der Waals surface area contributed by atoms with E-state index in [-0.39, 0.29) is 16.5 Å². The Bertz CT molecular complexity index is 1130. The second kappa shape index (κ2) is 7.33. The van der Waals surface area contributed by atoms with E-state index in [1.807, 2.05) is 30.3 Å². The summed E-state index contributed by atoms with van der Waals surface area (Å²) in [5.74, 6) is 0. The van der Waals surface area contributed by atoms with Gasteiger partial charge in [0.2, 0.25) is 10.0 Å². The average Bonchev–Trinajstić information content (AvgIpc) is 3.16. The van der Waals surface area contributed by atoms with Crippen molar-refractivity contribution in [1.82, 2.24) is 23.9 Å². The molecule has 0 unspecified atom stereocenters. The number of hydrogen-bond donors (Lipinski definition) is 0. The van der Waals surface area contributed by atoms with E-state index in [4.69, 9.17) is 0 Å². The zero-order valence-electron chi connectivity index (χ0n) is 15.5. The van der Waals surface area contributed by atoms with Gasteiger partial charge in [-0.05, 0) is 18.9 Å². The quantitative estimate of drug-likeness (QED) is 0.666. The van der Waals surface area contributed by atoms with Gasteiger partial charge in [0.1, 0.15) is 4.90 Å². The van der Waals surface area contributed by atoms with Crippen molar-refractivity contribution in [3.05, 3.63) is 65.2 Å². The van der Waals surface area contributed by atoms with Crippen molar-refractivity contribution < 1.29 is 8.42 Å². The molecule has 1 aliphatic heterocycles. The van der Waals surface area contributed by atoms with Crippen LogP contribution in [0.25, 0.3) is 11.3 Å². The monoisotopic (exact) mass is 399 g/mol. The highest BCUT2D eigenvalue weighted by Gasteiger charge is 2.31. The molecule has 1 fully saturated rings. The van der Waals surface area contributed by atoms with Crippen molar-refractivity contribution in [2.24, 2.45) is 7.05 Å². The molecule has 0 bridgehead atoms. The van der Waals surface area contributed by atoms with E-state index in [0.29, 0.717) is 25.9 Å². The second-order valence-electron chi connectivity index (χ2n) is 6.85. The van der Waals surface area contributed by atoms with Gasteiger partial charge < -0.3 is 0 Å². The molecule has 146 valence electrons. The molecular weight excluding hydrogens is 378 g/mol. The normalized spacial score (nSPS) is 16.3. The number of piperidine rings is 1. The lowest BCUT2D eigenvalue weighted by Gasteiger charge is -2.31. The highest BCUT2D eigenvalue weighted by molar-refractivity contribution is 7.89. The Labute approximate surface area is 163 Å². The second-order valence-corrected chi connectivity index (χ2v) is 8.79. The number of benzene rings is 1. The number of rotatable bonds is 4. The van der Waals surface area contributed by atoms with Crippen molar-refractivity contribution in [1.29, 1.82) is 0 Å². The molecule has 0 spiro atoms. The summed E-state index contributed by atoms with van der Waals surface area (Å²) in [4.78, 5) is 12.6. The van der Waals surface area contributed by atoms with Crippen LogP contribution in [0.1, 0.15) is 18.9 Å². The Morgan fingerprint density at radius 1 is 1.04 bits per heavy atom. The zero-order valence-corrected chi connectivity index (χ0v) is 16.3. The molecule has 3 heterocycles. The molecule has 1 saturated heterocycles. The molecule has 9 heteroatoms. The van der Waals surface area contributed by atoms with E-state index >= 15 is 0 Å². The summed E-state index contributed by atoms with van der Waals surface area (Å²) < 4.78 is 29.9. The predicted octanol–water partition coefficient (Wildman–Crippen LogP) is 1.67. The van der Waals surface area contributed by atoms with Gasteiger partial charge >= 0.3 is 0 Å². The predicted molar refractivity (Wildman–Crippen MR) is 104 cm³/mol. The minimum Gasteiger partial charge on any atom is -0.274 e. The molecule has 1 aliphatic rings. The fraction of sp³-hybridized carbons (Fsp3) is 0.316. The van der Waals surface area contributed by atoms with Gasteiger partial charge in [-0.1, -0.05) is 30.3 Å². The number of hydrogen-bond acceptors (Lipinski definition) is 5. The van der Waals surface area contributed by atoms with Crippen LogP contribution in [-0.2, 0) is 17.1 Å². The summed E-state index contributed by atoms with van der Waals surface area (Å²) in [6.07, 6.45) is 3.92. The van der Waals surface area contributed by atoms with E-state index in [9.17, 15) is 13.2 Å². The van der Waals surface area contributed by atoms with Crippen LogP contribution >= 0.6 is 0 Å². The maximum Gasteiger partial charge on any atom is 0.267 e. The fourth-order valence-electron chi connectivity index (χ4n) is 3.46. The standard InChI is InChI=1S/C19H21N5O3S/c1-22-14-17(13-20-22)28(26,27)23-11-9-16(10-12-23)24-19(25)8-7-18(21-24)15-5-3-2-4-6-15/h2-8,13-14,16H,9-12H2,1H3. The molecule has 3 aromatic rings. The lowest BCUT2D eigenvalue weighted by atomic mass is 10.1. The first-order chi connectivity index (χ1) is 13.4. The van der Waals surface area contributed by atoms with E-state index < -0.39 is 10.0 Å². The van der Waals surface area contributed by atoms with Crippen LogP contribution in [0.15, 0.2) is 64.5 Å². The van der Waals surface area contributed by atoms with Crippen molar-refractivity contribution >= 4 is 10.0 Å². The molecule has 28 heavy (non-hydrogen) atoms. The maximum atomic E-state index is 12.7. The molecular formula is C19H21N5O3S. The first kappa shape index (κ1) is 18.6. The van der Waals surface area contributed by atoms with E-state index in [1.54, 1.807) is 13.1 Å². The van der Waals surface area contributed by atoms with Gasteiger partial charge in [0.15, 0.2) is 0 Å². The Balaban J connectivity index is 1.53. The van der Waals surface area contributed by atoms with Crippen molar-refractivity contribution in [2.75, 3.05) is 13.1 Å². The summed E-state index contributed by atoms with van der Waals surface area (Å²) in [6.45, 7) is 0.678. The first-order valence-electron chi connectivity index (χ1n) is 9.09. The van der Waals surface area contributed by atoms with Gasteiger partial charge in [0.25, 0.3) is 5.56 Å². The number of aryl methyl sites for hydroxylation is 1. The van der Waals surface area contributed by atoms with Crippen LogP contribution in [0.5, 0.6) is 0 Å². The molecule has 0 N–H and O–H groups in total. The molecule has 0 amide bonds. The average molecular weight is 399 g/mol. The summed E-state index contributed by atoms with van der Waals surface area (Å²) in [7, 11) is -1.88. The Hall–Kier alpha value is -2.78. The molecule has 0 atom stereocenters. The lowest BCUT2D eigenvalue weighted by Crippen LogP contribution is -2.41. The van der Waals surface area contributed by atoms with Crippen LogP contribution in [0, 0.1) is 0 Å². The largest absolute Gasteiger partial charge is 0.274 e. The van der Waals surface area contributed by atoms with Gasteiger partial charge in [0.05, 0.1) is 17.9 Å². The first-order valence-corrected chi connectivity index (χ1v) is 10.5. The smallest absolute Gasteiger partial charge is 0.267 e. The van der Waals surface area contributed by atoms with Gasteiger partial charge in [-0.25, -0.2) is 13.1 Å². The third-order valence-corrected chi connectivity index (χ3v) is 6.83. The molecule has 2 aromatic heterocycles. The lowest BCUT2D eigenvalue weighted by molar-refractivity contribution is 0.255. The Morgan fingerprint density at radius 3 is 2.39 bits per heavy atom. The summed E-state index contributed by atoms with van der Waals surface area (Å²) in [5.41, 5.74) is 1.49. The topological polar surface area (TPSA) is 90.1 Å². The highest BCUT2D eigenvalue weighted by Crippen LogP contribution is 2.26. The number of aromatic nitrogens is 4. The Morgan fingerprint density at radius 2 is 1.75 bits per heavy atom. The minimum absolute atomic E-state index is 0.128. The summed E-state index contributed by atoms with van der Waals surface area (Å²) >= 11 is 0. The third-order valence-electron chi connectivity index (χ3n) is 4.98. The van der Waals surface area contributed by atoms with Crippen LogP contribution in [0.2, 0.25) is 0 Å². The van der Waals surface area contributed by atoms with Crippen molar-refractivity contribution in [3.8, 4) is 11.3 Å². The van der Waals surface area contributed by atoms with Crippen LogP contribution in [0.3, 0.4) is 0 Å². The van der Waals surface area contributed by atoms with E-state index in [1.165, 1.54) is 32.1 Å². The molecule has 0 saturated carbocycles. The van der Waals surface area contributed by atoms with Gasteiger partial charge in [-0.15, -0.1) is 0 Å². The summed E-state index contributed by atoms with van der Waals surface area (Å²) in [5, 5.41) is 8.48. The maximum absolute atomic E-state index is 12.7. The highest BCUT2D eigenvalue weighted by atomic mass is 32.2. The van der Waals surface area contributed by atoms with E-state index in [0.717, 1.165) is 11.3 Å². The van der Waals surface area contributed by atoms with Gasteiger partial charge in [-0.3, -0.25) is 9.48 Å². The summed E-state index contributed by atoms with van der Waals surface area (Å²) in [6, 6.07) is 12.8. The van der Waals surface area contributed by atoms with Crippen LogP contribution < -0.4 is 5.56 Å². The van der Waals surface area contributed by atoms with Crippen LogP contribution in [-0.4, -0.2) is 45.4 Å². The van der Waals surface area contributed by atoms with Crippen molar-refractivity contribution in [3.63, 3.8) is 0 Å². The molecule has 1 aromatic carbocycles. The fourth-order valence-corrected chi connectivity index (χ4v) is 4.91. The van der Waals surface area contributed by atoms with Gasteiger partial charge in [0, 0.05) is 38.0 Å². The SMILES string of the molecule is Cn1cc(S(=O)(=O)N2CCC(n3nc(-c4ccccc4)ccc3=O)CC2)cn1. The van der Waals surface area contributed by atoms with Crippen LogP contribution in [0.4, 0.5) is 0 Å². The molecule has 4 rings (SSSR count). The zero-order chi connectivity index (χ0) is 19.7. The van der Waals surface area contributed by atoms with Crippen molar-refractivity contribution in [2.45, 2.75) is 23.8 Å². The number of sulfonamides is 1. The molecule has 0 aliphatic carbocycles. The Kier molecular flexibility index (Phi) is 4.86. The van der Waals surface area contributed by atoms with E-state index in [2.05, 4.69) is 10.2 Å². The molecule has 8 nitrogen and oxygen atoms in total. The van der Waals surface area contributed by atoms with Gasteiger partial charge in [-0.2, -0.15) is 14.5 Å².